The van der Waals surface area contributed by atoms with E-state index in [0.717, 1.165) is 35.0 Å². The fraction of sp³-hybridized carbons (Fsp3) is 0.300. The molecular weight excluding hydrogens is 442 g/mol. The second-order valence-electron chi connectivity index (χ2n) is 6.24. The molecule has 3 rings (SSSR count). The van der Waals surface area contributed by atoms with Crippen LogP contribution in [-0.2, 0) is 6.54 Å². The Bertz CT molecular complexity index is 735. The topological polar surface area (TPSA) is 36.1 Å². The van der Waals surface area contributed by atoms with Gasteiger partial charge in [0.1, 0.15) is 0 Å². The average Bonchev–Trinajstić information content (AvgIpc) is 2.62. The molecule has 0 fully saturated rings. The van der Waals surface area contributed by atoms with Gasteiger partial charge in [-0.1, -0.05) is 56.1 Å². The van der Waals surface area contributed by atoms with Crippen LogP contribution in [0.25, 0.3) is 6.08 Å². The lowest BCUT2D eigenvalue weighted by Crippen LogP contribution is -2.37. The number of halogens is 2. The molecule has 1 atom stereocenters. The largest absolute Gasteiger partial charge is 0.366 e. The van der Waals surface area contributed by atoms with Crippen LogP contribution in [0.1, 0.15) is 23.1 Å². The third-order valence-corrected chi connectivity index (χ3v) is 5.95. The Morgan fingerprint density at radius 3 is 2.64 bits per heavy atom. The predicted octanol–water partition coefficient (Wildman–Crippen LogP) is 5.05. The third-order valence-electron chi connectivity index (χ3n) is 4.30. The highest BCUT2D eigenvalue weighted by atomic mass is 79.9. The minimum absolute atomic E-state index is 0.207. The number of benzene rings is 2. The summed E-state index contributed by atoms with van der Waals surface area (Å²) in [5.74, 6) is 0. The zero-order valence-electron chi connectivity index (χ0n) is 14.3. The van der Waals surface area contributed by atoms with Gasteiger partial charge in [0.2, 0.25) is 0 Å². The SMILES string of the molecule is Cc1c(Br)cc(CNCCCNC2C=Cc3ccccc3N2)cc1Br. The monoisotopic (exact) mass is 463 g/mol. The summed E-state index contributed by atoms with van der Waals surface area (Å²) in [6.45, 7) is 4.94. The van der Waals surface area contributed by atoms with E-state index in [9.17, 15) is 0 Å². The Morgan fingerprint density at radius 1 is 1.08 bits per heavy atom. The van der Waals surface area contributed by atoms with Gasteiger partial charge in [0.15, 0.2) is 0 Å². The highest BCUT2D eigenvalue weighted by Crippen LogP contribution is 2.26. The summed E-state index contributed by atoms with van der Waals surface area (Å²) in [5, 5.41) is 10.5. The van der Waals surface area contributed by atoms with E-state index in [1.165, 1.54) is 22.4 Å². The summed E-state index contributed by atoms with van der Waals surface area (Å²) >= 11 is 7.21. The van der Waals surface area contributed by atoms with Crippen LogP contribution in [0.3, 0.4) is 0 Å². The van der Waals surface area contributed by atoms with E-state index in [2.05, 4.69) is 103 Å². The van der Waals surface area contributed by atoms with Crippen molar-refractivity contribution in [1.29, 1.82) is 0 Å². The number of anilines is 1. The first kappa shape index (κ1) is 18.6. The van der Waals surface area contributed by atoms with E-state index in [4.69, 9.17) is 0 Å². The summed E-state index contributed by atoms with van der Waals surface area (Å²) < 4.78 is 2.30. The maximum atomic E-state index is 3.61. The van der Waals surface area contributed by atoms with Crippen molar-refractivity contribution in [2.45, 2.75) is 26.1 Å². The van der Waals surface area contributed by atoms with Crippen molar-refractivity contribution in [2.75, 3.05) is 18.4 Å². The van der Waals surface area contributed by atoms with Crippen molar-refractivity contribution in [3.8, 4) is 0 Å². The van der Waals surface area contributed by atoms with Crippen molar-refractivity contribution < 1.29 is 0 Å². The summed E-state index contributed by atoms with van der Waals surface area (Å²) in [4.78, 5) is 0. The van der Waals surface area contributed by atoms with E-state index in [0.29, 0.717) is 0 Å². The van der Waals surface area contributed by atoms with Gasteiger partial charge in [0.05, 0.1) is 6.17 Å². The summed E-state index contributed by atoms with van der Waals surface area (Å²) in [6.07, 6.45) is 5.65. The average molecular weight is 465 g/mol. The van der Waals surface area contributed by atoms with Gasteiger partial charge in [-0.05, 0) is 67.4 Å². The molecule has 25 heavy (non-hydrogen) atoms. The highest BCUT2D eigenvalue weighted by Gasteiger charge is 2.10. The number of fused-ring (bicyclic) bond motifs is 1. The molecule has 0 saturated heterocycles. The summed E-state index contributed by atoms with van der Waals surface area (Å²) in [6, 6.07) is 12.7. The minimum Gasteiger partial charge on any atom is -0.366 e. The van der Waals surface area contributed by atoms with E-state index in [-0.39, 0.29) is 6.17 Å². The second-order valence-corrected chi connectivity index (χ2v) is 7.95. The number of hydrogen-bond donors (Lipinski definition) is 3. The number of para-hydroxylation sites is 1. The van der Waals surface area contributed by atoms with E-state index in [1.54, 1.807) is 0 Å². The highest BCUT2D eigenvalue weighted by molar-refractivity contribution is 9.11. The molecular formula is C20H23Br2N3. The van der Waals surface area contributed by atoms with Gasteiger partial charge in [-0.3, -0.25) is 5.32 Å². The molecule has 0 saturated carbocycles. The molecule has 132 valence electrons. The zero-order valence-corrected chi connectivity index (χ0v) is 17.5. The van der Waals surface area contributed by atoms with Gasteiger partial charge in [-0.2, -0.15) is 0 Å². The van der Waals surface area contributed by atoms with Gasteiger partial charge >= 0.3 is 0 Å². The summed E-state index contributed by atoms with van der Waals surface area (Å²) in [5.41, 5.74) is 4.96. The molecule has 1 aliphatic rings. The van der Waals surface area contributed by atoms with Crippen molar-refractivity contribution in [1.82, 2.24) is 10.6 Å². The lowest BCUT2D eigenvalue weighted by molar-refractivity contribution is 0.576. The number of hydrogen-bond acceptors (Lipinski definition) is 3. The first-order valence-corrected chi connectivity index (χ1v) is 10.1. The molecule has 0 bridgehead atoms. The maximum Gasteiger partial charge on any atom is 0.0964 e. The standard InChI is InChI=1S/C20H23Br2N3/c1-14-17(21)11-15(12-18(14)22)13-23-9-4-10-24-20-8-7-16-5-2-3-6-19(16)25-20/h2-3,5-8,11-12,20,23-25H,4,9-10,13H2,1H3. The van der Waals surface area contributed by atoms with Crippen LogP contribution in [0.4, 0.5) is 5.69 Å². The lowest BCUT2D eigenvalue weighted by atomic mass is 10.1. The molecule has 1 heterocycles. The lowest BCUT2D eigenvalue weighted by Gasteiger charge is -2.23. The smallest absolute Gasteiger partial charge is 0.0964 e. The minimum atomic E-state index is 0.207. The van der Waals surface area contributed by atoms with E-state index >= 15 is 0 Å². The molecule has 0 radical (unpaired) electrons. The normalized spacial score (nSPS) is 15.7. The molecule has 3 nitrogen and oxygen atoms in total. The molecule has 2 aromatic rings. The molecule has 0 aliphatic carbocycles. The fourth-order valence-electron chi connectivity index (χ4n) is 2.81. The molecule has 0 amide bonds. The maximum absolute atomic E-state index is 3.61. The van der Waals surface area contributed by atoms with Gasteiger partial charge in [-0.15, -0.1) is 0 Å². The molecule has 2 aromatic carbocycles. The second kappa shape index (κ2) is 8.99. The molecule has 3 N–H and O–H groups in total. The third kappa shape index (κ3) is 5.17. The van der Waals surface area contributed by atoms with E-state index in [1.807, 2.05) is 0 Å². The van der Waals surface area contributed by atoms with Crippen molar-refractivity contribution >= 4 is 43.6 Å². The van der Waals surface area contributed by atoms with Crippen LogP contribution < -0.4 is 16.0 Å². The molecule has 1 unspecified atom stereocenters. The Kier molecular flexibility index (Phi) is 6.70. The van der Waals surface area contributed by atoms with Crippen molar-refractivity contribution in [2.24, 2.45) is 0 Å². The first-order valence-electron chi connectivity index (χ1n) is 8.56. The first-order chi connectivity index (χ1) is 12.1. The Hall–Kier alpha value is -1.14. The van der Waals surface area contributed by atoms with Gasteiger partial charge in [-0.25, -0.2) is 0 Å². The number of nitrogens with one attached hydrogen (secondary N) is 3. The van der Waals surface area contributed by atoms with Crippen molar-refractivity contribution in [3.63, 3.8) is 0 Å². The van der Waals surface area contributed by atoms with Crippen LogP contribution in [0.5, 0.6) is 0 Å². The van der Waals surface area contributed by atoms with Crippen LogP contribution in [0.15, 0.2) is 51.4 Å². The van der Waals surface area contributed by atoms with Crippen LogP contribution in [0, 0.1) is 6.92 Å². The molecule has 0 spiro atoms. The van der Waals surface area contributed by atoms with Crippen LogP contribution in [0.2, 0.25) is 0 Å². The molecule has 1 aliphatic heterocycles. The zero-order chi connectivity index (χ0) is 17.6. The van der Waals surface area contributed by atoms with Gasteiger partial charge in [0, 0.05) is 21.2 Å². The Morgan fingerprint density at radius 2 is 1.84 bits per heavy atom. The quantitative estimate of drug-likeness (QED) is 0.501. The van der Waals surface area contributed by atoms with Gasteiger partial charge < -0.3 is 10.6 Å². The van der Waals surface area contributed by atoms with Crippen LogP contribution in [-0.4, -0.2) is 19.3 Å². The predicted molar refractivity (Wildman–Crippen MR) is 114 cm³/mol. The van der Waals surface area contributed by atoms with Crippen LogP contribution >= 0.6 is 31.9 Å². The number of rotatable bonds is 7. The van der Waals surface area contributed by atoms with Gasteiger partial charge in [0.25, 0.3) is 0 Å². The summed E-state index contributed by atoms with van der Waals surface area (Å²) in [7, 11) is 0. The van der Waals surface area contributed by atoms with E-state index < -0.39 is 0 Å². The van der Waals surface area contributed by atoms with Crippen molar-refractivity contribution in [3.05, 3.63) is 68.1 Å². The molecule has 5 heteroatoms. The molecule has 0 aromatic heterocycles. The Balaban J connectivity index is 1.35. The fourth-order valence-corrected chi connectivity index (χ4v) is 4.09. The Labute approximate surface area is 166 Å².